The summed E-state index contributed by atoms with van der Waals surface area (Å²) in [6.07, 6.45) is 3.10. The normalized spacial score (nSPS) is 11.7. The standard InChI is InChI=1S/C28H21Cl2N5O3S/c29-20-9-8-19(14-21(20)30)35-24(15-22(33-35)18-7-4-12-34(38)16-18)25-10-11-26(39-25)28(37)32-23(27(31)36)13-17-5-2-1-3-6-17/h1-12,14-16,23H,13H2,(H2,31,36)(H,32,37)/t23-/m1/s1. The van der Waals surface area contributed by atoms with Gasteiger partial charge in [0.05, 0.1) is 42.4 Å². The lowest BCUT2D eigenvalue weighted by Crippen LogP contribution is -2.45. The highest BCUT2D eigenvalue weighted by atomic mass is 35.5. The smallest absolute Gasteiger partial charge is 0.262 e. The zero-order valence-electron chi connectivity index (χ0n) is 20.3. The molecule has 0 aliphatic heterocycles. The summed E-state index contributed by atoms with van der Waals surface area (Å²) < 4.78 is 2.38. The average molecular weight is 578 g/mol. The molecule has 0 spiro atoms. The van der Waals surface area contributed by atoms with Crippen LogP contribution in [0.1, 0.15) is 15.2 Å². The number of hydrogen-bond acceptors (Lipinski definition) is 5. The van der Waals surface area contributed by atoms with E-state index in [4.69, 9.17) is 34.0 Å². The number of nitrogens with two attached hydrogens (primary N) is 1. The van der Waals surface area contributed by atoms with Crippen molar-refractivity contribution in [2.45, 2.75) is 12.5 Å². The van der Waals surface area contributed by atoms with E-state index in [0.717, 1.165) is 10.4 Å². The molecule has 0 fully saturated rings. The summed E-state index contributed by atoms with van der Waals surface area (Å²) in [5.74, 6) is -1.04. The average Bonchev–Trinajstić information content (AvgIpc) is 3.58. The Morgan fingerprint density at radius 1 is 1.03 bits per heavy atom. The van der Waals surface area contributed by atoms with E-state index in [1.807, 2.05) is 36.4 Å². The second-order valence-electron chi connectivity index (χ2n) is 8.66. The van der Waals surface area contributed by atoms with Gasteiger partial charge in [0.2, 0.25) is 5.91 Å². The maximum Gasteiger partial charge on any atom is 0.262 e. The summed E-state index contributed by atoms with van der Waals surface area (Å²) in [5, 5.41) is 20.1. The maximum atomic E-state index is 13.1. The van der Waals surface area contributed by atoms with Gasteiger partial charge in [-0.15, -0.1) is 11.3 Å². The predicted octanol–water partition coefficient (Wildman–Crippen LogP) is 5.03. The van der Waals surface area contributed by atoms with Crippen molar-refractivity contribution in [3.63, 3.8) is 0 Å². The molecule has 3 N–H and O–H groups in total. The lowest BCUT2D eigenvalue weighted by atomic mass is 10.1. The maximum absolute atomic E-state index is 13.1. The van der Waals surface area contributed by atoms with Gasteiger partial charge < -0.3 is 16.3 Å². The number of halogens is 2. The van der Waals surface area contributed by atoms with Gasteiger partial charge in [-0.2, -0.15) is 9.83 Å². The first-order valence-corrected chi connectivity index (χ1v) is 13.3. The summed E-state index contributed by atoms with van der Waals surface area (Å²) in [6.45, 7) is 0. The Morgan fingerprint density at radius 2 is 1.82 bits per heavy atom. The number of rotatable bonds is 8. The molecular weight excluding hydrogens is 557 g/mol. The third kappa shape index (κ3) is 5.96. The second kappa shape index (κ2) is 11.3. The largest absolute Gasteiger partial charge is 0.619 e. The van der Waals surface area contributed by atoms with Crippen molar-refractivity contribution in [1.29, 1.82) is 0 Å². The molecule has 2 aromatic carbocycles. The number of carbonyl (C=O) groups is 2. The highest BCUT2D eigenvalue weighted by Crippen LogP contribution is 2.34. The number of primary amides is 1. The quantitative estimate of drug-likeness (QED) is 0.198. The summed E-state index contributed by atoms with van der Waals surface area (Å²) >= 11 is 13.6. The molecule has 0 saturated carbocycles. The van der Waals surface area contributed by atoms with Crippen LogP contribution < -0.4 is 15.8 Å². The Balaban J connectivity index is 1.48. The van der Waals surface area contributed by atoms with Crippen molar-refractivity contribution in [2.24, 2.45) is 5.73 Å². The van der Waals surface area contributed by atoms with Gasteiger partial charge in [0.25, 0.3) is 5.91 Å². The van der Waals surface area contributed by atoms with Crippen molar-refractivity contribution in [1.82, 2.24) is 15.1 Å². The number of carbonyl (C=O) groups excluding carboxylic acids is 2. The van der Waals surface area contributed by atoms with Gasteiger partial charge in [-0.1, -0.05) is 53.5 Å². The lowest BCUT2D eigenvalue weighted by molar-refractivity contribution is -0.604. The van der Waals surface area contributed by atoms with Crippen LogP contribution in [0.5, 0.6) is 0 Å². The number of pyridine rings is 1. The van der Waals surface area contributed by atoms with Gasteiger partial charge in [-0.25, -0.2) is 4.68 Å². The first-order chi connectivity index (χ1) is 18.8. The molecule has 196 valence electrons. The van der Waals surface area contributed by atoms with Crippen molar-refractivity contribution < 1.29 is 14.3 Å². The molecular formula is C28H21Cl2N5O3S. The van der Waals surface area contributed by atoms with E-state index in [2.05, 4.69) is 5.32 Å². The zero-order chi connectivity index (χ0) is 27.5. The fourth-order valence-corrected chi connectivity index (χ4v) is 5.22. The topological polar surface area (TPSA) is 117 Å². The van der Waals surface area contributed by atoms with Gasteiger partial charge in [-0.05, 0) is 48.0 Å². The molecule has 2 amide bonds. The molecule has 1 atom stereocenters. The molecule has 3 aromatic heterocycles. The minimum absolute atomic E-state index is 0.282. The van der Waals surface area contributed by atoms with Crippen molar-refractivity contribution in [3.05, 3.63) is 117 Å². The van der Waals surface area contributed by atoms with Crippen LogP contribution in [0.3, 0.4) is 0 Å². The van der Waals surface area contributed by atoms with E-state index in [9.17, 15) is 14.8 Å². The summed E-state index contributed by atoms with van der Waals surface area (Å²) in [7, 11) is 0. The van der Waals surface area contributed by atoms with E-state index in [-0.39, 0.29) is 6.42 Å². The van der Waals surface area contributed by atoms with E-state index in [1.54, 1.807) is 47.1 Å². The Bertz CT molecular complexity index is 1670. The molecule has 0 aliphatic carbocycles. The molecule has 8 nitrogen and oxygen atoms in total. The molecule has 5 aromatic rings. The number of thiophene rings is 1. The zero-order valence-corrected chi connectivity index (χ0v) is 22.6. The van der Waals surface area contributed by atoms with Crippen molar-refractivity contribution in [2.75, 3.05) is 0 Å². The van der Waals surface area contributed by atoms with E-state index in [0.29, 0.717) is 42.3 Å². The molecule has 0 unspecified atom stereocenters. The highest BCUT2D eigenvalue weighted by Gasteiger charge is 2.22. The van der Waals surface area contributed by atoms with Crippen LogP contribution in [-0.2, 0) is 11.2 Å². The SMILES string of the molecule is NC(=O)[C@@H](Cc1ccccc1)NC(=O)c1ccc(-c2cc(-c3ccc[n+]([O-])c3)nn2-c2ccc(Cl)c(Cl)c2)s1. The first-order valence-electron chi connectivity index (χ1n) is 11.8. The van der Waals surface area contributed by atoms with E-state index < -0.39 is 17.9 Å². The molecule has 0 saturated heterocycles. The summed E-state index contributed by atoms with van der Waals surface area (Å²) in [4.78, 5) is 26.3. The highest BCUT2D eigenvalue weighted by molar-refractivity contribution is 7.17. The Morgan fingerprint density at radius 3 is 2.54 bits per heavy atom. The fraction of sp³-hybridized carbons (Fsp3) is 0.0714. The van der Waals surface area contributed by atoms with E-state index in [1.165, 1.54) is 23.7 Å². The second-order valence-corrected chi connectivity index (χ2v) is 10.6. The minimum atomic E-state index is -0.865. The minimum Gasteiger partial charge on any atom is -0.619 e. The van der Waals surface area contributed by atoms with Crippen molar-refractivity contribution >= 4 is 46.4 Å². The van der Waals surface area contributed by atoms with Crippen LogP contribution in [0, 0.1) is 5.21 Å². The Hall–Kier alpha value is -4.18. The number of nitrogens with one attached hydrogen (secondary N) is 1. The van der Waals surface area contributed by atoms with Crippen LogP contribution in [0.4, 0.5) is 0 Å². The summed E-state index contributed by atoms with van der Waals surface area (Å²) in [5.41, 5.74) is 8.95. The van der Waals surface area contributed by atoms with Gasteiger partial charge in [0.1, 0.15) is 6.04 Å². The fourth-order valence-electron chi connectivity index (χ4n) is 4.02. The molecule has 0 aliphatic rings. The lowest BCUT2D eigenvalue weighted by Gasteiger charge is -2.15. The molecule has 11 heteroatoms. The molecule has 0 bridgehead atoms. The third-order valence-corrected chi connectivity index (χ3v) is 7.79. The number of aromatic nitrogens is 3. The number of hydrogen-bond donors (Lipinski definition) is 2. The number of amides is 2. The Labute approximate surface area is 237 Å². The van der Waals surface area contributed by atoms with Crippen LogP contribution in [0.25, 0.3) is 27.5 Å². The van der Waals surface area contributed by atoms with Crippen LogP contribution >= 0.6 is 34.5 Å². The summed E-state index contributed by atoms with van der Waals surface area (Å²) in [6, 6.07) is 22.3. The van der Waals surface area contributed by atoms with Gasteiger partial charge >= 0.3 is 0 Å². The Kier molecular flexibility index (Phi) is 7.65. The molecule has 5 rings (SSSR count). The van der Waals surface area contributed by atoms with E-state index >= 15 is 0 Å². The molecule has 0 radical (unpaired) electrons. The van der Waals surface area contributed by atoms with Gasteiger partial charge in [0.15, 0.2) is 12.4 Å². The number of benzene rings is 2. The van der Waals surface area contributed by atoms with Gasteiger partial charge in [0, 0.05) is 12.5 Å². The molecule has 3 heterocycles. The van der Waals surface area contributed by atoms with Crippen LogP contribution in [0.15, 0.2) is 91.3 Å². The predicted molar refractivity (Wildman–Crippen MR) is 152 cm³/mol. The third-order valence-electron chi connectivity index (χ3n) is 5.94. The van der Waals surface area contributed by atoms with Crippen molar-refractivity contribution in [3.8, 4) is 27.5 Å². The first kappa shape index (κ1) is 26.4. The van der Waals surface area contributed by atoms with Crippen LogP contribution in [0.2, 0.25) is 10.0 Å². The number of nitrogens with zero attached hydrogens (tertiary/aromatic N) is 3. The van der Waals surface area contributed by atoms with Gasteiger partial charge in [-0.3, -0.25) is 9.59 Å². The monoisotopic (exact) mass is 577 g/mol. The van der Waals surface area contributed by atoms with Crippen LogP contribution in [-0.4, -0.2) is 27.6 Å². The molecule has 39 heavy (non-hydrogen) atoms.